The van der Waals surface area contributed by atoms with Crippen molar-refractivity contribution < 1.29 is 14.2 Å². The number of hydrogen-bond donors (Lipinski definition) is 1. The molecule has 0 saturated carbocycles. The quantitative estimate of drug-likeness (QED) is 0.800. The molecule has 1 aliphatic heterocycles. The molecule has 124 valence electrons. The minimum absolute atomic E-state index is 0.220. The van der Waals surface area contributed by atoms with Crippen LogP contribution in [0.15, 0.2) is 24.3 Å². The average Bonchev–Trinajstić information content (AvgIpc) is 3.23. The van der Waals surface area contributed by atoms with Gasteiger partial charge in [-0.05, 0) is 25.0 Å². The van der Waals surface area contributed by atoms with Crippen LogP contribution in [-0.4, -0.2) is 42.4 Å². The summed E-state index contributed by atoms with van der Waals surface area (Å²) < 4.78 is 20.7. The van der Waals surface area contributed by atoms with Crippen molar-refractivity contribution in [1.82, 2.24) is 9.36 Å². The second-order valence-electron chi connectivity index (χ2n) is 5.36. The molecule has 3 rings (SSSR count). The average molecular weight is 335 g/mol. The van der Waals surface area contributed by atoms with Gasteiger partial charge in [0.05, 0.1) is 12.7 Å². The third kappa shape index (κ3) is 4.89. The molecule has 0 amide bonds. The lowest BCUT2D eigenvalue weighted by atomic mass is 10.2. The first-order chi connectivity index (χ1) is 11.3. The van der Waals surface area contributed by atoms with Gasteiger partial charge in [-0.15, -0.1) is 0 Å². The Morgan fingerprint density at radius 3 is 3.22 bits per heavy atom. The van der Waals surface area contributed by atoms with E-state index in [-0.39, 0.29) is 6.10 Å². The van der Waals surface area contributed by atoms with Crippen molar-refractivity contribution in [3.05, 3.63) is 30.1 Å². The molecule has 6 nitrogen and oxygen atoms in total. The van der Waals surface area contributed by atoms with E-state index in [1.807, 2.05) is 24.3 Å². The molecule has 0 radical (unpaired) electrons. The Morgan fingerprint density at radius 1 is 1.43 bits per heavy atom. The Hall–Kier alpha value is -1.70. The number of hydrogen-bond acceptors (Lipinski definition) is 7. The molecule has 0 aliphatic carbocycles. The Morgan fingerprint density at radius 2 is 2.39 bits per heavy atom. The Labute approximate surface area is 140 Å². The summed E-state index contributed by atoms with van der Waals surface area (Å²) in [5, 5.41) is 4.03. The lowest BCUT2D eigenvalue weighted by molar-refractivity contribution is 0.0680. The lowest BCUT2D eigenvalue weighted by Gasteiger charge is -2.12. The van der Waals surface area contributed by atoms with E-state index in [1.54, 1.807) is 7.11 Å². The topological polar surface area (TPSA) is 65.5 Å². The third-order valence-corrected chi connectivity index (χ3v) is 4.21. The smallest absolute Gasteiger partial charge is 0.207 e. The predicted molar refractivity (Wildman–Crippen MR) is 89.7 cm³/mol. The first-order valence-corrected chi connectivity index (χ1v) is 8.54. The van der Waals surface area contributed by atoms with E-state index in [4.69, 9.17) is 14.2 Å². The van der Waals surface area contributed by atoms with Gasteiger partial charge >= 0.3 is 0 Å². The van der Waals surface area contributed by atoms with Crippen molar-refractivity contribution >= 4 is 22.4 Å². The largest absolute Gasteiger partial charge is 0.491 e. The molecular weight excluding hydrogens is 314 g/mol. The molecule has 2 aromatic rings. The summed E-state index contributed by atoms with van der Waals surface area (Å²) in [7, 11) is 1.67. The predicted octanol–water partition coefficient (Wildman–Crippen LogP) is 3.03. The zero-order valence-corrected chi connectivity index (χ0v) is 14.0. The van der Waals surface area contributed by atoms with Gasteiger partial charge in [0, 0.05) is 43.4 Å². The monoisotopic (exact) mass is 335 g/mol. The van der Waals surface area contributed by atoms with Crippen LogP contribution >= 0.6 is 11.5 Å². The van der Waals surface area contributed by atoms with Gasteiger partial charge in [0.1, 0.15) is 18.2 Å². The molecule has 1 aromatic carbocycles. The van der Waals surface area contributed by atoms with Crippen LogP contribution in [0, 0.1) is 0 Å². The van der Waals surface area contributed by atoms with Crippen LogP contribution in [0.5, 0.6) is 5.75 Å². The van der Waals surface area contributed by atoms with Crippen molar-refractivity contribution in [2.75, 3.05) is 32.2 Å². The lowest BCUT2D eigenvalue weighted by Crippen LogP contribution is -2.16. The number of aromatic nitrogens is 2. The van der Waals surface area contributed by atoms with Crippen LogP contribution in [0.25, 0.3) is 0 Å². The van der Waals surface area contributed by atoms with Gasteiger partial charge in [-0.25, -0.2) is 4.98 Å². The zero-order valence-electron chi connectivity index (χ0n) is 13.2. The van der Waals surface area contributed by atoms with Crippen LogP contribution in [0.3, 0.4) is 0 Å². The standard InChI is InChI=1S/C16H21N3O3S/c1-20-9-7-15-18-16(23-19-15)17-12-4-2-5-13(10-12)22-11-14-6-3-8-21-14/h2,4-5,10,14H,3,6-9,11H2,1H3,(H,17,18,19). The van der Waals surface area contributed by atoms with Gasteiger partial charge in [0.15, 0.2) is 0 Å². The summed E-state index contributed by atoms with van der Waals surface area (Å²) in [6.07, 6.45) is 3.14. The molecule has 1 atom stereocenters. The van der Waals surface area contributed by atoms with Crippen molar-refractivity contribution in [2.24, 2.45) is 0 Å². The fraction of sp³-hybridized carbons (Fsp3) is 0.500. The second-order valence-corrected chi connectivity index (χ2v) is 6.11. The zero-order chi connectivity index (χ0) is 15.9. The number of benzene rings is 1. The number of anilines is 2. The summed E-state index contributed by atoms with van der Waals surface area (Å²) in [6.45, 7) is 2.07. The second kappa shape index (κ2) is 8.24. The summed E-state index contributed by atoms with van der Waals surface area (Å²) in [5.41, 5.74) is 0.935. The van der Waals surface area contributed by atoms with Crippen molar-refractivity contribution in [3.63, 3.8) is 0 Å². The molecule has 1 unspecified atom stereocenters. The molecular formula is C16H21N3O3S. The van der Waals surface area contributed by atoms with Crippen molar-refractivity contribution in [3.8, 4) is 5.75 Å². The highest BCUT2D eigenvalue weighted by Gasteiger charge is 2.16. The van der Waals surface area contributed by atoms with Gasteiger partial charge in [-0.3, -0.25) is 0 Å². The molecule has 1 saturated heterocycles. The summed E-state index contributed by atoms with van der Waals surface area (Å²) in [6, 6.07) is 7.85. The molecule has 0 spiro atoms. The fourth-order valence-corrected chi connectivity index (χ4v) is 2.99. The van der Waals surface area contributed by atoms with E-state index in [2.05, 4.69) is 14.7 Å². The van der Waals surface area contributed by atoms with Gasteiger partial charge in [0.25, 0.3) is 0 Å². The number of nitrogens with one attached hydrogen (secondary N) is 1. The Balaban J connectivity index is 1.55. The van der Waals surface area contributed by atoms with E-state index in [9.17, 15) is 0 Å². The van der Waals surface area contributed by atoms with E-state index in [0.29, 0.717) is 13.2 Å². The van der Waals surface area contributed by atoms with Crippen LogP contribution in [-0.2, 0) is 15.9 Å². The molecule has 2 heterocycles. The van der Waals surface area contributed by atoms with Gasteiger partial charge in [0.2, 0.25) is 5.13 Å². The minimum atomic E-state index is 0.220. The highest BCUT2D eigenvalue weighted by Crippen LogP contribution is 2.23. The third-order valence-electron chi connectivity index (χ3n) is 3.54. The maximum atomic E-state index is 5.81. The number of ether oxygens (including phenoxy) is 3. The van der Waals surface area contributed by atoms with E-state index < -0.39 is 0 Å². The number of rotatable bonds is 8. The minimum Gasteiger partial charge on any atom is -0.491 e. The SMILES string of the molecule is COCCc1nsc(Nc2cccc(OCC3CCCO3)c2)n1. The first-order valence-electron chi connectivity index (χ1n) is 7.76. The van der Waals surface area contributed by atoms with Gasteiger partial charge in [-0.2, -0.15) is 4.37 Å². The number of methoxy groups -OCH3 is 1. The van der Waals surface area contributed by atoms with Gasteiger partial charge < -0.3 is 19.5 Å². The fourth-order valence-electron chi connectivity index (χ4n) is 2.35. The molecule has 7 heteroatoms. The Bertz CT molecular complexity index is 614. The maximum absolute atomic E-state index is 5.81. The van der Waals surface area contributed by atoms with Crippen LogP contribution in [0.4, 0.5) is 10.8 Å². The Kier molecular flexibility index (Phi) is 5.79. The molecule has 1 N–H and O–H groups in total. The highest BCUT2D eigenvalue weighted by atomic mass is 32.1. The van der Waals surface area contributed by atoms with Crippen molar-refractivity contribution in [1.29, 1.82) is 0 Å². The maximum Gasteiger partial charge on any atom is 0.207 e. The van der Waals surface area contributed by atoms with Crippen LogP contribution in [0.1, 0.15) is 18.7 Å². The van der Waals surface area contributed by atoms with Crippen LogP contribution < -0.4 is 10.1 Å². The van der Waals surface area contributed by atoms with Crippen LogP contribution in [0.2, 0.25) is 0 Å². The normalized spacial score (nSPS) is 17.3. The molecule has 23 heavy (non-hydrogen) atoms. The summed E-state index contributed by atoms with van der Waals surface area (Å²) >= 11 is 1.35. The summed E-state index contributed by atoms with van der Waals surface area (Å²) in [4.78, 5) is 4.44. The number of nitrogens with zero attached hydrogens (tertiary/aromatic N) is 2. The van der Waals surface area contributed by atoms with E-state index in [0.717, 1.165) is 48.3 Å². The summed E-state index contributed by atoms with van der Waals surface area (Å²) in [5.74, 6) is 1.62. The van der Waals surface area contributed by atoms with E-state index in [1.165, 1.54) is 11.5 Å². The molecule has 1 fully saturated rings. The first kappa shape index (κ1) is 16.2. The molecule has 1 aromatic heterocycles. The van der Waals surface area contributed by atoms with Crippen molar-refractivity contribution in [2.45, 2.75) is 25.4 Å². The molecule has 1 aliphatic rings. The highest BCUT2D eigenvalue weighted by molar-refractivity contribution is 7.09. The van der Waals surface area contributed by atoms with Gasteiger partial charge in [-0.1, -0.05) is 6.07 Å². The molecule has 0 bridgehead atoms. The van der Waals surface area contributed by atoms with E-state index >= 15 is 0 Å².